The normalized spacial score (nSPS) is 18.9. The largest absolute Gasteiger partial charge is 0.465 e. The SMILES string of the molecule is O=C1CC(C(=O)c2ccc3ccccc3c2)CO1. The van der Waals surface area contributed by atoms with E-state index in [0.717, 1.165) is 10.8 Å². The number of rotatable bonds is 2. The molecule has 1 fully saturated rings. The number of ether oxygens (including phenoxy) is 1. The van der Waals surface area contributed by atoms with Crippen molar-refractivity contribution in [2.24, 2.45) is 5.92 Å². The minimum Gasteiger partial charge on any atom is -0.465 e. The smallest absolute Gasteiger partial charge is 0.306 e. The summed E-state index contributed by atoms with van der Waals surface area (Å²) in [5.41, 5.74) is 0.650. The second-order valence-corrected chi connectivity index (χ2v) is 4.51. The zero-order valence-electron chi connectivity index (χ0n) is 9.76. The van der Waals surface area contributed by atoms with E-state index < -0.39 is 0 Å². The van der Waals surface area contributed by atoms with Crippen molar-refractivity contribution in [1.82, 2.24) is 0 Å². The average molecular weight is 240 g/mol. The van der Waals surface area contributed by atoms with Crippen LogP contribution in [-0.4, -0.2) is 18.4 Å². The van der Waals surface area contributed by atoms with Crippen molar-refractivity contribution in [1.29, 1.82) is 0 Å². The van der Waals surface area contributed by atoms with Crippen LogP contribution in [0.2, 0.25) is 0 Å². The van der Waals surface area contributed by atoms with Crippen LogP contribution in [0.5, 0.6) is 0 Å². The number of hydrogen-bond acceptors (Lipinski definition) is 3. The van der Waals surface area contributed by atoms with Crippen LogP contribution in [0.1, 0.15) is 16.8 Å². The lowest BCUT2D eigenvalue weighted by Crippen LogP contribution is -2.14. The highest BCUT2D eigenvalue weighted by Gasteiger charge is 2.30. The summed E-state index contributed by atoms with van der Waals surface area (Å²) in [6, 6.07) is 13.5. The van der Waals surface area contributed by atoms with Gasteiger partial charge >= 0.3 is 5.97 Å². The maximum Gasteiger partial charge on any atom is 0.306 e. The van der Waals surface area contributed by atoms with Gasteiger partial charge in [-0.05, 0) is 16.8 Å². The zero-order chi connectivity index (χ0) is 12.5. The average Bonchev–Trinajstić information content (AvgIpc) is 2.84. The third kappa shape index (κ3) is 1.88. The van der Waals surface area contributed by atoms with E-state index >= 15 is 0 Å². The van der Waals surface area contributed by atoms with Gasteiger partial charge in [0.1, 0.15) is 6.61 Å². The highest BCUT2D eigenvalue weighted by atomic mass is 16.5. The van der Waals surface area contributed by atoms with Gasteiger partial charge < -0.3 is 4.74 Å². The van der Waals surface area contributed by atoms with Crippen molar-refractivity contribution in [3.8, 4) is 0 Å². The number of carbonyl (C=O) groups is 2. The van der Waals surface area contributed by atoms with Crippen LogP contribution in [0.15, 0.2) is 42.5 Å². The van der Waals surface area contributed by atoms with Gasteiger partial charge in [0.2, 0.25) is 0 Å². The number of benzene rings is 2. The molecule has 1 saturated heterocycles. The topological polar surface area (TPSA) is 43.4 Å². The molecule has 0 aliphatic carbocycles. The van der Waals surface area contributed by atoms with Crippen LogP contribution in [0.3, 0.4) is 0 Å². The highest BCUT2D eigenvalue weighted by Crippen LogP contribution is 2.22. The lowest BCUT2D eigenvalue weighted by atomic mass is 9.95. The fourth-order valence-electron chi connectivity index (χ4n) is 2.26. The van der Waals surface area contributed by atoms with E-state index in [1.54, 1.807) is 0 Å². The molecule has 0 spiro atoms. The molecule has 3 nitrogen and oxygen atoms in total. The number of esters is 1. The Hall–Kier alpha value is -2.16. The molecule has 3 heteroatoms. The van der Waals surface area contributed by atoms with E-state index in [0.29, 0.717) is 5.56 Å². The van der Waals surface area contributed by atoms with Crippen molar-refractivity contribution in [3.63, 3.8) is 0 Å². The first kappa shape index (κ1) is 11.0. The molecule has 0 saturated carbocycles. The van der Waals surface area contributed by atoms with Gasteiger partial charge in [0.25, 0.3) is 0 Å². The van der Waals surface area contributed by atoms with Crippen molar-refractivity contribution in [2.45, 2.75) is 6.42 Å². The van der Waals surface area contributed by atoms with Crippen LogP contribution < -0.4 is 0 Å². The molecule has 0 bridgehead atoms. The van der Waals surface area contributed by atoms with Gasteiger partial charge in [0, 0.05) is 5.56 Å². The molecule has 0 aromatic heterocycles. The molecule has 18 heavy (non-hydrogen) atoms. The van der Waals surface area contributed by atoms with Gasteiger partial charge in [-0.2, -0.15) is 0 Å². The zero-order valence-corrected chi connectivity index (χ0v) is 9.76. The molecule has 1 atom stereocenters. The number of fused-ring (bicyclic) bond motifs is 1. The summed E-state index contributed by atoms with van der Waals surface area (Å²) < 4.78 is 4.84. The van der Waals surface area contributed by atoms with E-state index in [1.807, 2.05) is 42.5 Å². The van der Waals surface area contributed by atoms with E-state index in [9.17, 15) is 9.59 Å². The molecule has 0 amide bonds. The van der Waals surface area contributed by atoms with Crippen molar-refractivity contribution in [3.05, 3.63) is 48.0 Å². The fraction of sp³-hybridized carbons (Fsp3) is 0.200. The van der Waals surface area contributed by atoms with Crippen molar-refractivity contribution >= 4 is 22.5 Å². The predicted octanol–water partition coefficient (Wildman–Crippen LogP) is 2.59. The number of Topliss-reactive ketones (excluding diaryl/α,β-unsaturated/α-hetero) is 1. The first-order valence-electron chi connectivity index (χ1n) is 5.93. The molecule has 2 aromatic rings. The Labute approximate surface area is 104 Å². The third-order valence-electron chi connectivity index (χ3n) is 3.26. The van der Waals surface area contributed by atoms with E-state index in [2.05, 4.69) is 0 Å². The standard InChI is InChI=1S/C15H12O3/c16-14-8-13(9-18-14)15(17)12-6-5-10-3-1-2-4-11(10)7-12/h1-7,13H,8-9H2. The lowest BCUT2D eigenvalue weighted by Gasteiger charge is -2.06. The van der Waals surface area contributed by atoms with Crippen LogP contribution in [-0.2, 0) is 9.53 Å². The quantitative estimate of drug-likeness (QED) is 0.598. The summed E-state index contributed by atoms with van der Waals surface area (Å²) in [5.74, 6) is -0.612. The molecule has 3 rings (SSSR count). The molecule has 1 unspecified atom stereocenters. The number of ketones is 1. The maximum absolute atomic E-state index is 12.2. The predicted molar refractivity (Wildman–Crippen MR) is 67.3 cm³/mol. The highest BCUT2D eigenvalue weighted by molar-refractivity contribution is 6.03. The Morgan fingerprint density at radius 1 is 1.11 bits per heavy atom. The number of hydrogen-bond donors (Lipinski definition) is 0. The molecule has 1 heterocycles. The summed E-state index contributed by atoms with van der Waals surface area (Å²) in [6.45, 7) is 0.213. The first-order chi connectivity index (χ1) is 8.74. The number of cyclic esters (lactones) is 1. The summed E-state index contributed by atoms with van der Waals surface area (Å²) in [5, 5.41) is 2.14. The van der Waals surface area contributed by atoms with E-state index in [4.69, 9.17) is 4.74 Å². The minimum absolute atomic E-state index is 0.00777. The van der Waals surface area contributed by atoms with Crippen LogP contribution in [0, 0.1) is 5.92 Å². The first-order valence-corrected chi connectivity index (χ1v) is 5.93. The van der Waals surface area contributed by atoms with Crippen molar-refractivity contribution in [2.75, 3.05) is 6.61 Å². The van der Waals surface area contributed by atoms with Crippen molar-refractivity contribution < 1.29 is 14.3 Å². The van der Waals surface area contributed by atoms with E-state index in [1.165, 1.54) is 0 Å². The van der Waals surface area contributed by atoms with Crippen LogP contribution >= 0.6 is 0 Å². The lowest BCUT2D eigenvalue weighted by molar-refractivity contribution is -0.137. The molecular formula is C15H12O3. The Bertz CT molecular complexity index is 630. The molecule has 0 N–H and O–H groups in total. The summed E-state index contributed by atoms with van der Waals surface area (Å²) in [4.78, 5) is 23.2. The van der Waals surface area contributed by atoms with E-state index in [-0.39, 0.29) is 30.7 Å². The second kappa shape index (κ2) is 4.26. The molecule has 1 aliphatic heterocycles. The van der Waals surface area contributed by atoms with Gasteiger partial charge in [0.05, 0.1) is 12.3 Å². The minimum atomic E-state index is -0.321. The summed E-state index contributed by atoms with van der Waals surface area (Å²) >= 11 is 0. The van der Waals surface area contributed by atoms with Gasteiger partial charge in [-0.3, -0.25) is 9.59 Å². The monoisotopic (exact) mass is 240 g/mol. The molecule has 1 aliphatic rings. The molecule has 90 valence electrons. The molecular weight excluding hydrogens is 228 g/mol. The summed E-state index contributed by atoms with van der Waals surface area (Å²) in [6.07, 6.45) is 0.200. The fourth-order valence-corrected chi connectivity index (χ4v) is 2.26. The van der Waals surface area contributed by atoms with Crippen LogP contribution in [0.4, 0.5) is 0 Å². The van der Waals surface area contributed by atoms with Gasteiger partial charge in [-0.1, -0.05) is 36.4 Å². The second-order valence-electron chi connectivity index (χ2n) is 4.51. The summed E-state index contributed by atoms with van der Waals surface area (Å²) in [7, 11) is 0. The Morgan fingerprint density at radius 3 is 2.61 bits per heavy atom. The molecule has 0 radical (unpaired) electrons. The van der Waals surface area contributed by atoms with Gasteiger partial charge in [0.15, 0.2) is 5.78 Å². The number of carbonyl (C=O) groups excluding carboxylic acids is 2. The van der Waals surface area contributed by atoms with Gasteiger partial charge in [-0.15, -0.1) is 0 Å². The Morgan fingerprint density at radius 2 is 1.89 bits per heavy atom. The maximum atomic E-state index is 12.2. The van der Waals surface area contributed by atoms with Gasteiger partial charge in [-0.25, -0.2) is 0 Å². The van der Waals surface area contributed by atoms with Crippen LogP contribution in [0.25, 0.3) is 10.8 Å². The molecule has 2 aromatic carbocycles. The third-order valence-corrected chi connectivity index (χ3v) is 3.26. The Kier molecular flexibility index (Phi) is 2.59. The Balaban J connectivity index is 1.94.